The van der Waals surface area contributed by atoms with Crippen LogP contribution in [0.15, 0.2) is 121 Å². The van der Waals surface area contributed by atoms with E-state index in [0.29, 0.717) is 71.9 Å². The number of carbonyl (C=O) groups excluding carboxylic acids is 3. The van der Waals surface area contributed by atoms with E-state index in [2.05, 4.69) is 46.0 Å². The number of hydrogen-bond donors (Lipinski definition) is 4. The van der Waals surface area contributed by atoms with Crippen molar-refractivity contribution >= 4 is 51.8 Å². The molecule has 2 aliphatic rings. The summed E-state index contributed by atoms with van der Waals surface area (Å²) < 4.78 is 27.7. The Morgan fingerprint density at radius 3 is 1.42 bits per heavy atom. The van der Waals surface area contributed by atoms with Crippen LogP contribution in [0.4, 0.5) is 20.7 Å². The Morgan fingerprint density at radius 1 is 0.592 bits per heavy atom. The lowest BCUT2D eigenvalue weighted by molar-refractivity contribution is 0.0741. The highest BCUT2D eigenvalue weighted by molar-refractivity contribution is 6.07. The number of nitrogens with one attached hydrogen (secondary N) is 1. The predicted molar refractivity (Wildman–Crippen MR) is 275 cm³/mol. The van der Waals surface area contributed by atoms with Crippen molar-refractivity contribution in [2.45, 2.75) is 85.3 Å². The maximum atomic E-state index is 14.1. The highest BCUT2D eigenvalue weighted by Gasteiger charge is 2.29. The van der Waals surface area contributed by atoms with Gasteiger partial charge in [0.15, 0.2) is 6.29 Å². The summed E-state index contributed by atoms with van der Waals surface area (Å²) >= 11 is 0. The highest BCUT2D eigenvalue weighted by Crippen LogP contribution is 2.33. The number of rotatable bonds is 7. The smallest absolute Gasteiger partial charge is 0.273 e. The van der Waals surface area contributed by atoms with Crippen LogP contribution in [0.1, 0.15) is 101 Å². The number of nitrogens with two attached hydrogens (primary N) is 3. The summed E-state index contributed by atoms with van der Waals surface area (Å²) in [6.45, 7) is 14.6. The number of amides is 2. The van der Waals surface area contributed by atoms with Crippen LogP contribution in [0.3, 0.4) is 0 Å². The summed E-state index contributed by atoms with van der Waals surface area (Å²) in [4.78, 5) is 59.1. The topological polar surface area (TPSA) is 199 Å². The van der Waals surface area contributed by atoms with Crippen LogP contribution in [0, 0.1) is 11.6 Å². The van der Waals surface area contributed by atoms with E-state index in [9.17, 15) is 23.2 Å². The molecule has 0 saturated heterocycles. The molecule has 0 radical (unpaired) electrons. The highest BCUT2D eigenvalue weighted by atomic mass is 19.1. The van der Waals surface area contributed by atoms with Crippen LogP contribution in [-0.4, -0.2) is 58.9 Å². The fourth-order valence-electron chi connectivity index (χ4n) is 8.45. The molecule has 15 heteroatoms. The van der Waals surface area contributed by atoms with Gasteiger partial charge < -0.3 is 32.3 Å². The van der Waals surface area contributed by atoms with Gasteiger partial charge in [0.1, 0.15) is 23.0 Å². The van der Waals surface area contributed by atoms with E-state index in [-0.39, 0.29) is 57.6 Å². The second-order valence-corrected chi connectivity index (χ2v) is 19.8. The fourth-order valence-corrected chi connectivity index (χ4v) is 8.45. The van der Waals surface area contributed by atoms with E-state index >= 15 is 0 Å². The summed E-state index contributed by atoms with van der Waals surface area (Å²) in [5.74, 6) is -1.15. The molecule has 6 aromatic carbocycles. The van der Waals surface area contributed by atoms with Crippen LogP contribution in [-0.2, 0) is 32.7 Å². The van der Waals surface area contributed by atoms with Crippen LogP contribution >= 0.6 is 0 Å². The molecule has 0 aliphatic carbocycles. The number of nitrogen functional groups attached to an aromatic ring is 2. The SMILES string of the molecule is CC(C)(C)N.CC(C)(C)NCc1cc(F)ccc1-c1ccc2nc(N)nc(C(=O)N3Cc4ccccc4C3)c2c1.Nc1nc(C(=O)N2Cc3ccccc3C2)c2cc(-c3ccc(F)cc3C=O)ccc2n1. The van der Waals surface area contributed by atoms with Crippen LogP contribution in [0.2, 0.25) is 0 Å². The third-order valence-corrected chi connectivity index (χ3v) is 11.7. The first-order valence-corrected chi connectivity index (χ1v) is 23.2. The van der Waals surface area contributed by atoms with Gasteiger partial charge in [-0.3, -0.25) is 14.4 Å². The standard InChI is InChI=1S/C28H28FN5O.C24H17FN4O2.C4H11N/c1-28(2,3)31-14-20-12-21(29)9-10-22(20)17-8-11-24-23(13-17)25(33-27(30)32-24)26(35)34-15-18-6-4-5-7-19(18)16-34;25-18-6-7-19(17(9-18)13-30)14-5-8-21-20(10-14)22(28-24(26)27-21)23(31)29-11-15-3-1-2-4-16(15)12-29;1-4(2,3)5/h4-13,31H,14-16H2,1-3H3,(H2,30,32,33);1-10,13H,11-12H2,(H2,26,27,28);5H2,1-3H3. The Labute approximate surface area is 411 Å². The Hall–Kier alpha value is -8.01. The number of aromatic nitrogens is 4. The maximum Gasteiger partial charge on any atom is 0.273 e. The van der Waals surface area contributed by atoms with Gasteiger partial charge in [-0.05, 0) is 140 Å². The molecule has 0 fully saturated rings. The van der Waals surface area contributed by atoms with E-state index in [1.54, 1.807) is 40.1 Å². The van der Waals surface area contributed by atoms with Gasteiger partial charge in [-0.1, -0.05) is 72.8 Å². The first-order valence-electron chi connectivity index (χ1n) is 23.2. The average molecular weight is 955 g/mol. The normalized spacial score (nSPS) is 13.0. The molecular weight excluding hydrogens is 899 g/mol. The molecule has 10 rings (SSSR count). The predicted octanol–water partition coefficient (Wildman–Crippen LogP) is 9.79. The quantitative estimate of drug-likeness (QED) is 0.111. The van der Waals surface area contributed by atoms with E-state index < -0.39 is 5.82 Å². The van der Waals surface area contributed by atoms with Gasteiger partial charge in [0.25, 0.3) is 11.8 Å². The Morgan fingerprint density at radius 2 is 1.00 bits per heavy atom. The minimum Gasteiger partial charge on any atom is -0.368 e. The van der Waals surface area contributed by atoms with Crippen molar-refractivity contribution in [3.63, 3.8) is 0 Å². The zero-order valence-electron chi connectivity index (χ0n) is 40.6. The Bertz CT molecular complexity index is 3290. The molecule has 0 bridgehead atoms. The molecule has 8 aromatic rings. The first kappa shape index (κ1) is 49.4. The summed E-state index contributed by atoms with van der Waals surface area (Å²) in [6.07, 6.45) is 0.607. The second kappa shape index (κ2) is 20.1. The number of anilines is 2. The van der Waals surface area contributed by atoms with Gasteiger partial charge in [-0.2, -0.15) is 0 Å². The van der Waals surface area contributed by atoms with E-state index in [4.69, 9.17) is 17.2 Å². The Kier molecular flexibility index (Phi) is 14.0. The van der Waals surface area contributed by atoms with Crippen molar-refractivity contribution in [1.82, 2.24) is 35.1 Å². The van der Waals surface area contributed by atoms with Gasteiger partial charge in [0, 0.05) is 60.1 Å². The number of fused-ring (bicyclic) bond motifs is 4. The van der Waals surface area contributed by atoms with Gasteiger partial charge >= 0.3 is 0 Å². The lowest BCUT2D eigenvalue weighted by atomic mass is 9.96. The first-order chi connectivity index (χ1) is 33.7. The summed E-state index contributed by atoms with van der Waals surface area (Å²) in [7, 11) is 0. The van der Waals surface area contributed by atoms with Crippen LogP contribution in [0.5, 0.6) is 0 Å². The van der Waals surface area contributed by atoms with E-state index in [1.165, 1.54) is 24.3 Å². The van der Waals surface area contributed by atoms with Gasteiger partial charge in [0.2, 0.25) is 11.9 Å². The minimum absolute atomic E-state index is 0. The van der Waals surface area contributed by atoms with Crippen molar-refractivity contribution < 1.29 is 23.2 Å². The summed E-state index contributed by atoms with van der Waals surface area (Å²) in [5, 5.41) is 4.57. The minimum atomic E-state index is -0.493. The van der Waals surface area contributed by atoms with Gasteiger partial charge in [0.05, 0.1) is 11.0 Å². The van der Waals surface area contributed by atoms with Crippen molar-refractivity contribution in [3.05, 3.63) is 178 Å². The zero-order valence-corrected chi connectivity index (χ0v) is 40.6. The molecular formula is C56H56F2N10O3. The molecule has 71 heavy (non-hydrogen) atoms. The van der Waals surface area contributed by atoms with Gasteiger partial charge in [-0.25, -0.2) is 28.7 Å². The summed E-state index contributed by atoms with van der Waals surface area (Å²) in [6, 6.07) is 35.6. The molecule has 7 N–H and O–H groups in total. The number of benzene rings is 6. The molecule has 0 saturated carbocycles. The zero-order chi connectivity index (χ0) is 50.8. The third kappa shape index (κ3) is 11.7. The van der Waals surface area contributed by atoms with E-state index in [1.807, 2.05) is 87.5 Å². The molecule has 0 spiro atoms. The number of carbonyl (C=O) groups is 3. The second-order valence-electron chi connectivity index (χ2n) is 19.8. The fraction of sp³-hybridized carbons (Fsp3) is 0.232. The number of hydrogen-bond acceptors (Lipinski definition) is 11. The molecule has 362 valence electrons. The molecule has 2 aromatic heterocycles. The van der Waals surface area contributed by atoms with Crippen molar-refractivity contribution in [2.75, 3.05) is 11.5 Å². The molecule has 0 atom stereocenters. The lowest BCUT2D eigenvalue weighted by Crippen LogP contribution is -2.35. The Balaban J connectivity index is 0.000000175. The third-order valence-electron chi connectivity index (χ3n) is 11.7. The maximum absolute atomic E-state index is 14.1. The average Bonchev–Trinajstić information content (AvgIpc) is 3.97. The number of halogens is 2. The lowest BCUT2D eigenvalue weighted by Gasteiger charge is -2.22. The van der Waals surface area contributed by atoms with Crippen molar-refractivity contribution in [3.8, 4) is 22.3 Å². The van der Waals surface area contributed by atoms with Gasteiger partial charge in [-0.15, -0.1) is 0 Å². The monoisotopic (exact) mass is 954 g/mol. The molecule has 2 aliphatic heterocycles. The number of nitrogens with zero attached hydrogens (tertiary/aromatic N) is 6. The van der Waals surface area contributed by atoms with Crippen LogP contribution < -0.4 is 22.5 Å². The largest absolute Gasteiger partial charge is 0.368 e. The molecule has 0 unspecified atom stereocenters. The number of aldehydes is 1. The van der Waals surface area contributed by atoms with E-state index in [0.717, 1.165) is 38.9 Å². The molecule has 4 heterocycles. The van der Waals surface area contributed by atoms with Crippen LogP contribution in [0.25, 0.3) is 44.1 Å². The van der Waals surface area contributed by atoms with Crippen molar-refractivity contribution in [2.24, 2.45) is 5.73 Å². The van der Waals surface area contributed by atoms with Crippen molar-refractivity contribution in [1.29, 1.82) is 0 Å². The molecule has 2 amide bonds. The summed E-state index contributed by atoms with van der Waals surface area (Å²) in [5.41, 5.74) is 27.2. The molecule has 13 nitrogen and oxygen atoms in total.